The molecule has 0 aliphatic heterocycles. The molecule has 37 heavy (non-hydrogen) atoms. The van der Waals surface area contributed by atoms with Crippen molar-refractivity contribution in [3.63, 3.8) is 0 Å². The summed E-state index contributed by atoms with van der Waals surface area (Å²) in [5.41, 5.74) is 0.979. The Hall–Kier alpha value is -1.71. The van der Waals surface area contributed by atoms with E-state index < -0.39 is 0 Å². The molecule has 0 spiro atoms. The molecule has 0 saturated heterocycles. The van der Waals surface area contributed by atoms with Crippen LogP contribution in [0, 0.1) is 0 Å². The summed E-state index contributed by atoms with van der Waals surface area (Å²) in [7, 11) is 0. The first-order valence-corrected chi connectivity index (χ1v) is 16.0. The minimum atomic E-state index is -0.119. The Kier molecular flexibility index (Phi) is 23.3. The molecule has 0 radical (unpaired) electrons. The third kappa shape index (κ3) is 23.2. The highest BCUT2D eigenvalue weighted by molar-refractivity contribution is 5.73. The van der Waals surface area contributed by atoms with Crippen LogP contribution in [0.15, 0.2) is 24.3 Å². The van der Waals surface area contributed by atoms with Gasteiger partial charge in [0.15, 0.2) is 0 Å². The summed E-state index contributed by atoms with van der Waals surface area (Å²) in [6, 6.07) is 6.78. The van der Waals surface area contributed by atoms with E-state index in [1.165, 1.54) is 141 Å². The maximum Gasteiger partial charge on any atom is 0.315 e. The molecule has 0 aliphatic carbocycles. The Morgan fingerprint density at radius 3 is 1.27 bits per heavy atom. The Bertz CT molecular complexity index is 617. The number of nitrogens with one attached hydrogen (secondary N) is 2. The van der Waals surface area contributed by atoms with Crippen molar-refractivity contribution in [1.82, 2.24) is 10.6 Å². The smallest absolute Gasteiger partial charge is 0.315 e. The van der Waals surface area contributed by atoms with Crippen molar-refractivity contribution in [2.24, 2.45) is 0 Å². The number of hydrogen-bond acceptors (Lipinski definition) is 2. The lowest BCUT2D eigenvalue weighted by atomic mass is 10.0. The van der Waals surface area contributed by atoms with E-state index in [1.54, 1.807) is 12.1 Å². The normalized spacial score (nSPS) is 11.1. The van der Waals surface area contributed by atoms with E-state index in [-0.39, 0.29) is 11.8 Å². The van der Waals surface area contributed by atoms with Crippen molar-refractivity contribution in [2.75, 3.05) is 6.54 Å². The summed E-state index contributed by atoms with van der Waals surface area (Å²) in [5.74, 6) is 0.244. The van der Waals surface area contributed by atoms with Crippen molar-refractivity contribution in [3.8, 4) is 5.75 Å². The highest BCUT2D eigenvalue weighted by Gasteiger charge is 2.00. The predicted octanol–water partition coefficient (Wildman–Crippen LogP) is 10.2. The quantitative estimate of drug-likeness (QED) is 0.107. The number of amides is 2. The first-order chi connectivity index (χ1) is 18.2. The number of aromatic hydroxyl groups is 1. The molecule has 0 saturated carbocycles. The van der Waals surface area contributed by atoms with Gasteiger partial charge >= 0.3 is 6.03 Å². The number of urea groups is 1. The fourth-order valence-corrected chi connectivity index (χ4v) is 4.97. The molecule has 1 aromatic carbocycles. The van der Waals surface area contributed by atoms with Crippen molar-refractivity contribution >= 4 is 6.03 Å². The zero-order chi connectivity index (χ0) is 26.7. The monoisotopic (exact) mass is 516 g/mol. The minimum absolute atomic E-state index is 0.119. The predicted molar refractivity (Wildman–Crippen MR) is 160 cm³/mol. The van der Waals surface area contributed by atoms with Crippen LogP contribution in [0.4, 0.5) is 4.79 Å². The maximum atomic E-state index is 11.8. The van der Waals surface area contributed by atoms with E-state index in [0.717, 1.165) is 18.5 Å². The van der Waals surface area contributed by atoms with Crippen LogP contribution >= 0.6 is 0 Å². The van der Waals surface area contributed by atoms with Gasteiger partial charge in [-0.2, -0.15) is 0 Å². The van der Waals surface area contributed by atoms with Crippen LogP contribution in [0.2, 0.25) is 0 Å². The zero-order valence-corrected chi connectivity index (χ0v) is 24.3. The van der Waals surface area contributed by atoms with Gasteiger partial charge in [-0.15, -0.1) is 0 Å². The third-order valence-electron chi connectivity index (χ3n) is 7.46. The molecule has 3 N–H and O–H groups in total. The van der Waals surface area contributed by atoms with E-state index in [2.05, 4.69) is 17.6 Å². The van der Waals surface area contributed by atoms with Gasteiger partial charge < -0.3 is 15.7 Å². The zero-order valence-electron chi connectivity index (χ0n) is 24.3. The number of phenolic OH excluding ortho intramolecular Hbond substituents is 1. The molecule has 0 aliphatic rings. The molecular formula is C33H60N2O2. The van der Waals surface area contributed by atoms with Crippen molar-refractivity contribution in [1.29, 1.82) is 0 Å². The highest BCUT2D eigenvalue weighted by atomic mass is 16.3. The SMILES string of the molecule is CCCCCCCCCCCCCCCCCCCCCCCCCNC(=O)NCc1ccc(O)cc1. The Morgan fingerprint density at radius 1 is 0.541 bits per heavy atom. The molecule has 214 valence electrons. The summed E-state index contributed by atoms with van der Waals surface area (Å²) >= 11 is 0. The summed E-state index contributed by atoms with van der Waals surface area (Å²) in [6.07, 6.45) is 32.1. The molecule has 1 aromatic rings. The van der Waals surface area contributed by atoms with Gasteiger partial charge in [0.2, 0.25) is 0 Å². The molecule has 2 amide bonds. The number of phenols is 1. The number of unbranched alkanes of at least 4 members (excludes halogenated alkanes) is 22. The van der Waals surface area contributed by atoms with Gasteiger partial charge in [0.1, 0.15) is 5.75 Å². The second kappa shape index (κ2) is 25.9. The maximum absolute atomic E-state index is 11.8. The van der Waals surface area contributed by atoms with E-state index in [0.29, 0.717) is 6.54 Å². The van der Waals surface area contributed by atoms with Crippen LogP contribution in [-0.2, 0) is 6.54 Å². The fourth-order valence-electron chi connectivity index (χ4n) is 4.97. The summed E-state index contributed by atoms with van der Waals surface area (Å²) in [6.45, 7) is 3.51. The van der Waals surface area contributed by atoms with Gasteiger partial charge in [-0.25, -0.2) is 4.79 Å². The van der Waals surface area contributed by atoms with Crippen LogP contribution in [0.3, 0.4) is 0 Å². The Labute approximate surface area is 229 Å². The fraction of sp³-hybridized carbons (Fsp3) is 0.788. The highest BCUT2D eigenvalue weighted by Crippen LogP contribution is 2.15. The summed E-state index contributed by atoms with van der Waals surface area (Å²) in [4.78, 5) is 11.8. The van der Waals surface area contributed by atoms with Gasteiger partial charge in [-0.1, -0.05) is 160 Å². The van der Waals surface area contributed by atoms with Gasteiger partial charge in [-0.3, -0.25) is 0 Å². The van der Waals surface area contributed by atoms with E-state index in [1.807, 2.05) is 12.1 Å². The second-order valence-electron chi connectivity index (χ2n) is 11.1. The van der Waals surface area contributed by atoms with Gasteiger partial charge in [0.05, 0.1) is 0 Å². The molecule has 1 rings (SSSR count). The van der Waals surface area contributed by atoms with Crippen molar-refractivity contribution in [2.45, 2.75) is 161 Å². The van der Waals surface area contributed by atoms with Gasteiger partial charge in [-0.05, 0) is 24.1 Å². The molecule has 0 unspecified atom stereocenters. The average Bonchev–Trinajstić information content (AvgIpc) is 2.90. The first-order valence-electron chi connectivity index (χ1n) is 16.0. The van der Waals surface area contributed by atoms with E-state index >= 15 is 0 Å². The number of carbonyl (C=O) groups excluding carboxylic acids is 1. The molecule has 0 aromatic heterocycles. The average molecular weight is 517 g/mol. The van der Waals surface area contributed by atoms with Crippen LogP contribution < -0.4 is 10.6 Å². The number of carbonyl (C=O) groups is 1. The first kappa shape index (κ1) is 33.3. The van der Waals surface area contributed by atoms with Crippen molar-refractivity contribution in [3.05, 3.63) is 29.8 Å². The molecule has 0 atom stereocenters. The van der Waals surface area contributed by atoms with Gasteiger partial charge in [0, 0.05) is 13.1 Å². The number of hydrogen-bond donors (Lipinski definition) is 3. The van der Waals surface area contributed by atoms with Crippen LogP contribution in [-0.4, -0.2) is 17.7 Å². The lowest BCUT2D eigenvalue weighted by molar-refractivity contribution is 0.240. The minimum Gasteiger partial charge on any atom is -0.508 e. The molecule has 4 heteroatoms. The lowest BCUT2D eigenvalue weighted by Crippen LogP contribution is -2.35. The third-order valence-corrected chi connectivity index (χ3v) is 7.46. The molecule has 0 heterocycles. The van der Waals surface area contributed by atoms with E-state index in [9.17, 15) is 9.90 Å². The number of rotatable bonds is 26. The molecule has 0 fully saturated rings. The van der Waals surface area contributed by atoms with Crippen LogP contribution in [0.25, 0.3) is 0 Å². The standard InChI is InChI=1S/C33H60N2O2/c1-2-3-4-5-6-7-8-9-10-11-12-13-14-15-16-17-18-19-20-21-22-23-24-29-34-33(37)35-30-31-25-27-32(36)28-26-31/h25-28,36H,2-24,29-30H2,1H3,(H2,34,35,37). The molecular weight excluding hydrogens is 456 g/mol. The summed E-state index contributed by atoms with van der Waals surface area (Å²) in [5, 5.41) is 15.1. The topological polar surface area (TPSA) is 61.4 Å². The van der Waals surface area contributed by atoms with Crippen LogP contribution in [0.1, 0.15) is 160 Å². The van der Waals surface area contributed by atoms with E-state index in [4.69, 9.17) is 0 Å². The molecule has 0 bridgehead atoms. The molecule has 4 nitrogen and oxygen atoms in total. The lowest BCUT2D eigenvalue weighted by Gasteiger charge is -2.08. The Morgan fingerprint density at radius 2 is 0.892 bits per heavy atom. The largest absolute Gasteiger partial charge is 0.508 e. The Balaban J connectivity index is 1.70. The van der Waals surface area contributed by atoms with Gasteiger partial charge in [0.25, 0.3) is 0 Å². The van der Waals surface area contributed by atoms with Crippen LogP contribution in [0.5, 0.6) is 5.75 Å². The number of benzene rings is 1. The second-order valence-corrected chi connectivity index (χ2v) is 11.1. The summed E-state index contributed by atoms with van der Waals surface area (Å²) < 4.78 is 0. The van der Waals surface area contributed by atoms with Crippen molar-refractivity contribution < 1.29 is 9.90 Å².